The molecule has 35 heavy (non-hydrogen) atoms. The molecule has 0 radical (unpaired) electrons. The van der Waals surface area contributed by atoms with Gasteiger partial charge in [0, 0.05) is 25.1 Å². The maximum atomic E-state index is 14.8. The number of nitrogens with zero attached hydrogens (tertiary/aromatic N) is 1. The second-order valence-electron chi connectivity index (χ2n) is 8.46. The standard InChI is InChI=1S/C25H23F3N2O5/c1-2-35-21-5-3-4-18(26)22(21)25(27,28)24(34)29-12-14-6-8-17-15(10-14)13-30(23(17)33)19-9-7-16(31)11-20(19)32/h3-6,8,10,19H,2,7,9,11-13H2,1H3,(H,29,34). The van der Waals surface area contributed by atoms with E-state index < -0.39 is 35.0 Å². The van der Waals surface area contributed by atoms with Gasteiger partial charge in [-0.15, -0.1) is 0 Å². The van der Waals surface area contributed by atoms with Gasteiger partial charge in [-0.25, -0.2) is 4.39 Å². The highest BCUT2D eigenvalue weighted by Gasteiger charge is 2.46. The molecule has 10 heteroatoms. The zero-order chi connectivity index (χ0) is 25.3. The topological polar surface area (TPSA) is 92.8 Å². The number of benzene rings is 2. The van der Waals surface area contributed by atoms with E-state index in [2.05, 4.69) is 5.32 Å². The maximum absolute atomic E-state index is 14.8. The molecule has 0 aromatic heterocycles. The summed E-state index contributed by atoms with van der Waals surface area (Å²) in [4.78, 5) is 50.3. The highest BCUT2D eigenvalue weighted by atomic mass is 19.3. The predicted molar refractivity (Wildman–Crippen MR) is 117 cm³/mol. The Balaban J connectivity index is 1.46. The van der Waals surface area contributed by atoms with Crippen molar-refractivity contribution >= 4 is 23.4 Å². The van der Waals surface area contributed by atoms with E-state index in [1.165, 1.54) is 29.2 Å². The molecule has 4 rings (SSSR count). The molecule has 7 nitrogen and oxygen atoms in total. The van der Waals surface area contributed by atoms with E-state index in [9.17, 15) is 32.3 Å². The molecule has 1 unspecified atom stereocenters. The van der Waals surface area contributed by atoms with Gasteiger partial charge in [0.15, 0.2) is 5.78 Å². The summed E-state index contributed by atoms with van der Waals surface area (Å²) in [5, 5.41) is 2.12. The SMILES string of the molecule is CCOc1cccc(F)c1C(F)(F)C(=O)NCc1ccc2c(c1)CN(C1CCC(=O)CC1=O)C2=O. The first-order valence-corrected chi connectivity index (χ1v) is 11.2. The highest BCUT2D eigenvalue weighted by Crippen LogP contribution is 2.37. The van der Waals surface area contributed by atoms with Crippen LogP contribution in [0, 0.1) is 5.82 Å². The molecule has 1 aliphatic heterocycles. The van der Waals surface area contributed by atoms with Crippen molar-refractivity contribution in [3.63, 3.8) is 0 Å². The van der Waals surface area contributed by atoms with Crippen LogP contribution in [0.1, 0.15) is 53.2 Å². The minimum Gasteiger partial charge on any atom is -0.493 e. The van der Waals surface area contributed by atoms with E-state index in [1.807, 2.05) is 0 Å². The van der Waals surface area contributed by atoms with Gasteiger partial charge >= 0.3 is 5.92 Å². The lowest BCUT2D eigenvalue weighted by molar-refractivity contribution is -0.147. The molecule has 1 N–H and O–H groups in total. The molecule has 2 aliphatic rings. The Morgan fingerprint density at radius 3 is 2.69 bits per heavy atom. The summed E-state index contributed by atoms with van der Waals surface area (Å²) in [5.41, 5.74) is 0.283. The van der Waals surface area contributed by atoms with Crippen molar-refractivity contribution in [3.05, 3.63) is 64.5 Å². The molecule has 1 aliphatic carbocycles. The van der Waals surface area contributed by atoms with Crippen LogP contribution < -0.4 is 10.1 Å². The lowest BCUT2D eigenvalue weighted by Gasteiger charge is -2.29. The van der Waals surface area contributed by atoms with Gasteiger partial charge in [0.25, 0.3) is 11.8 Å². The Bertz CT molecular complexity index is 1210. The molecule has 1 saturated carbocycles. The number of carbonyl (C=O) groups excluding carboxylic acids is 4. The first-order valence-electron chi connectivity index (χ1n) is 11.2. The van der Waals surface area contributed by atoms with Crippen molar-refractivity contribution in [2.75, 3.05) is 6.61 Å². The Morgan fingerprint density at radius 1 is 1.20 bits per heavy atom. The summed E-state index contributed by atoms with van der Waals surface area (Å²) in [7, 11) is 0. The zero-order valence-electron chi connectivity index (χ0n) is 18.9. The second kappa shape index (κ2) is 9.52. The van der Waals surface area contributed by atoms with E-state index >= 15 is 0 Å². The first kappa shape index (κ1) is 24.4. The van der Waals surface area contributed by atoms with Gasteiger partial charge in [-0.1, -0.05) is 18.2 Å². The van der Waals surface area contributed by atoms with E-state index in [1.54, 1.807) is 13.0 Å². The van der Waals surface area contributed by atoms with Gasteiger partial charge in [-0.2, -0.15) is 8.78 Å². The van der Waals surface area contributed by atoms with Gasteiger partial charge in [-0.3, -0.25) is 19.2 Å². The van der Waals surface area contributed by atoms with Crippen LogP contribution in [0.2, 0.25) is 0 Å². The third-order valence-electron chi connectivity index (χ3n) is 6.14. The molecule has 0 saturated heterocycles. The number of ether oxygens (including phenoxy) is 1. The van der Waals surface area contributed by atoms with Gasteiger partial charge in [0.2, 0.25) is 0 Å². The van der Waals surface area contributed by atoms with E-state index in [0.29, 0.717) is 16.7 Å². The van der Waals surface area contributed by atoms with Crippen LogP contribution >= 0.6 is 0 Å². The second-order valence-corrected chi connectivity index (χ2v) is 8.46. The Kier molecular flexibility index (Phi) is 6.64. The van der Waals surface area contributed by atoms with Crippen molar-refractivity contribution < 1.29 is 37.1 Å². The third kappa shape index (κ3) is 4.65. The van der Waals surface area contributed by atoms with Crippen LogP contribution in [-0.2, 0) is 33.4 Å². The number of halogens is 3. The number of amides is 2. The molecule has 1 fully saturated rings. The fraction of sp³-hybridized carbons (Fsp3) is 0.360. The average molecular weight is 488 g/mol. The van der Waals surface area contributed by atoms with Gasteiger partial charge in [0.1, 0.15) is 22.9 Å². The van der Waals surface area contributed by atoms with E-state index in [0.717, 1.165) is 6.07 Å². The number of nitrogens with one attached hydrogen (secondary N) is 1. The fourth-order valence-electron chi connectivity index (χ4n) is 4.44. The molecule has 0 spiro atoms. The fourth-order valence-corrected chi connectivity index (χ4v) is 4.44. The zero-order valence-corrected chi connectivity index (χ0v) is 18.9. The number of carbonyl (C=O) groups is 4. The monoisotopic (exact) mass is 488 g/mol. The summed E-state index contributed by atoms with van der Waals surface area (Å²) in [6.07, 6.45) is 0.313. The third-order valence-corrected chi connectivity index (χ3v) is 6.14. The van der Waals surface area contributed by atoms with Crippen LogP contribution in [0.25, 0.3) is 0 Å². The minimum atomic E-state index is -4.18. The maximum Gasteiger partial charge on any atom is 0.356 e. The van der Waals surface area contributed by atoms with E-state index in [-0.39, 0.29) is 56.4 Å². The largest absolute Gasteiger partial charge is 0.493 e. The summed E-state index contributed by atoms with van der Waals surface area (Å²) in [6, 6.07) is 7.16. The molecule has 2 aromatic rings. The average Bonchev–Trinajstić information content (AvgIpc) is 3.13. The van der Waals surface area contributed by atoms with Crippen molar-refractivity contribution in [2.45, 2.75) is 51.2 Å². The van der Waals surface area contributed by atoms with E-state index in [4.69, 9.17) is 4.74 Å². The number of alkyl halides is 2. The Morgan fingerprint density at radius 2 is 1.97 bits per heavy atom. The molecule has 184 valence electrons. The van der Waals surface area contributed by atoms with Crippen LogP contribution in [0.4, 0.5) is 13.2 Å². The summed E-state index contributed by atoms with van der Waals surface area (Å²) in [5.74, 6) is -8.32. The lowest BCUT2D eigenvalue weighted by Crippen LogP contribution is -2.44. The van der Waals surface area contributed by atoms with Gasteiger partial charge in [0.05, 0.1) is 19.1 Å². The lowest BCUT2D eigenvalue weighted by atomic mass is 9.92. The molecule has 2 amide bonds. The number of rotatable bonds is 7. The van der Waals surface area contributed by atoms with Gasteiger partial charge in [-0.05, 0) is 42.7 Å². The van der Waals surface area contributed by atoms with Crippen molar-refractivity contribution in [1.29, 1.82) is 0 Å². The molecule has 0 bridgehead atoms. The smallest absolute Gasteiger partial charge is 0.356 e. The molecule has 2 aromatic carbocycles. The molecular weight excluding hydrogens is 465 g/mol. The summed E-state index contributed by atoms with van der Waals surface area (Å²) in [6.45, 7) is 1.42. The minimum absolute atomic E-state index is 0.0157. The van der Waals surface area contributed by atoms with Crippen molar-refractivity contribution in [2.24, 2.45) is 0 Å². The molecule has 1 heterocycles. The molecule has 1 atom stereocenters. The predicted octanol–water partition coefficient (Wildman–Crippen LogP) is 3.28. The number of fused-ring (bicyclic) bond motifs is 1. The number of Topliss-reactive ketones (excluding diaryl/α,β-unsaturated/α-hetero) is 2. The molecular formula is C25H23F3N2O5. The summed E-state index contributed by atoms with van der Waals surface area (Å²) < 4.78 is 49.0. The van der Waals surface area contributed by atoms with Crippen LogP contribution in [-0.4, -0.2) is 40.9 Å². The number of ketones is 2. The quantitative estimate of drug-likeness (QED) is 0.604. The highest BCUT2D eigenvalue weighted by molar-refractivity contribution is 6.07. The van der Waals surface area contributed by atoms with Gasteiger partial charge < -0.3 is 15.0 Å². The normalized spacial score (nSPS) is 18.0. The number of hydrogen-bond donors (Lipinski definition) is 1. The van der Waals surface area contributed by atoms with Crippen molar-refractivity contribution in [3.8, 4) is 5.75 Å². The number of hydrogen-bond acceptors (Lipinski definition) is 5. The van der Waals surface area contributed by atoms with Crippen LogP contribution in [0.5, 0.6) is 5.75 Å². The van der Waals surface area contributed by atoms with Crippen molar-refractivity contribution in [1.82, 2.24) is 10.2 Å². The van der Waals surface area contributed by atoms with Crippen LogP contribution in [0.3, 0.4) is 0 Å². The van der Waals surface area contributed by atoms with Crippen LogP contribution in [0.15, 0.2) is 36.4 Å². The first-order chi connectivity index (χ1) is 16.6. The Labute approximate surface area is 199 Å². The summed E-state index contributed by atoms with van der Waals surface area (Å²) >= 11 is 0. The Hall–Kier alpha value is -3.69.